The second-order valence-electron chi connectivity index (χ2n) is 10.6. The average molecular weight is 553 g/mol. The van der Waals surface area contributed by atoms with Crippen LogP contribution in [0.3, 0.4) is 0 Å². The van der Waals surface area contributed by atoms with Crippen LogP contribution < -0.4 is 15.8 Å². The molecule has 10 nitrogen and oxygen atoms in total. The number of nitrogens with one attached hydrogen (secondary N) is 1. The second kappa shape index (κ2) is 13.3. The topological polar surface area (TPSA) is 127 Å². The molecule has 4 heterocycles. The number of hydrogen-bond acceptors (Lipinski definition) is 9. The molecular weight excluding hydrogens is 512 g/mol. The fourth-order valence-corrected chi connectivity index (χ4v) is 6.00. The number of anilines is 1. The first-order chi connectivity index (χ1) is 18.3. The molecule has 4 fully saturated rings. The molecule has 0 aromatic heterocycles. The molecule has 212 valence electrons. The van der Waals surface area contributed by atoms with E-state index in [0.717, 1.165) is 64.7 Å². The average Bonchev–Trinajstić information content (AvgIpc) is 2.92. The molecule has 38 heavy (non-hydrogen) atoms. The van der Waals surface area contributed by atoms with Crippen LogP contribution in [0.5, 0.6) is 5.75 Å². The summed E-state index contributed by atoms with van der Waals surface area (Å²) in [6.45, 7) is 4.23. The number of likely N-dealkylation sites (tertiary alicyclic amines) is 1. The van der Waals surface area contributed by atoms with Crippen molar-refractivity contribution in [2.45, 2.75) is 69.4 Å². The van der Waals surface area contributed by atoms with Gasteiger partial charge in [0.25, 0.3) is 5.91 Å². The Morgan fingerprint density at radius 3 is 2.58 bits per heavy atom. The summed E-state index contributed by atoms with van der Waals surface area (Å²) >= 11 is 6.13. The highest BCUT2D eigenvalue weighted by molar-refractivity contribution is 6.33. The second-order valence-corrected chi connectivity index (χ2v) is 11.0. The summed E-state index contributed by atoms with van der Waals surface area (Å²) in [5.41, 5.74) is 6.53. The summed E-state index contributed by atoms with van der Waals surface area (Å²) < 4.78 is 16.6. The monoisotopic (exact) mass is 552 g/mol. The van der Waals surface area contributed by atoms with E-state index in [0.29, 0.717) is 35.0 Å². The van der Waals surface area contributed by atoms with Gasteiger partial charge < -0.3 is 35.3 Å². The number of carbonyl (C=O) groups is 2. The van der Waals surface area contributed by atoms with Crippen LogP contribution in [-0.2, 0) is 14.3 Å². The fraction of sp³-hybridized carbons (Fsp3) is 0.704. The minimum Gasteiger partial charge on any atom is -0.496 e. The Kier molecular flexibility index (Phi) is 10.1. The van der Waals surface area contributed by atoms with E-state index < -0.39 is 12.3 Å². The number of aliphatic hydroxyl groups is 1. The summed E-state index contributed by atoms with van der Waals surface area (Å²) in [5, 5.41) is 13.8. The van der Waals surface area contributed by atoms with Crippen molar-refractivity contribution in [2.75, 3.05) is 52.7 Å². The lowest BCUT2D eigenvalue weighted by molar-refractivity contribution is -0.200. The molecule has 1 aromatic rings. The number of ether oxygens (including phenoxy) is 3. The van der Waals surface area contributed by atoms with Gasteiger partial charge in [0.1, 0.15) is 11.9 Å². The predicted octanol–water partition coefficient (Wildman–Crippen LogP) is 2.27. The normalized spacial score (nSPS) is 29.2. The Morgan fingerprint density at radius 1 is 1.13 bits per heavy atom. The molecule has 1 amide bonds. The molecule has 0 aliphatic carbocycles. The number of nitrogen functional groups attached to an aromatic ring is 1. The lowest BCUT2D eigenvalue weighted by atomic mass is 9.84. The molecule has 0 unspecified atom stereocenters. The molecular formula is C27H41ClN4O6. The van der Waals surface area contributed by atoms with Crippen LogP contribution in [0.15, 0.2) is 12.1 Å². The van der Waals surface area contributed by atoms with Gasteiger partial charge in [-0.25, -0.2) is 0 Å². The van der Waals surface area contributed by atoms with E-state index in [2.05, 4.69) is 15.1 Å². The Morgan fingerprint density at radius 2 is 1.89 bits per heavy atom. The van der Waals surface area contributed by atoms with Crippen molar-refractivity contribution in [2.24, 2.45) is 5.92 Å². The Hall–Kier alpha value is -2.11. The zero-order chi connectivity index (χ0) is 27.2. The number of aliphatic hydroxyl groups excluding tert-OH is 1. The number of unbranched alkanes of at least 4 members (excludes halogenated alkanes) is 2. The highest BCUT2D eigenvalue weighted by Crippen LogP contribution is 2.33. The summed E-state index contributed by atoms with van der Waals surface area (Å²) in [7, 11) is 3.15. The van der Waals surface area contributed by atoms with Gasteiger partial charge in [0.15, 0.2) is 6.23 Å². The molecule has 0 spiro atoms. The number of hydrogen-bond donors (Lipinski definition) is 3. The van der Waals surface area contributed by atoms with Crippen LogP contribution in [0.1, 0.15) is 55.3 Å². The van der Waals surface area contributed by atoms with Crippen molar-refractivity contribution in [3.05, 3.63) is 22.7 Å². The maximum absolute atomic E-state index is 13.0. The van der Waals surface area contributed by atoms with Gasteiger partial charge in [-0.3, -0.25) is 14.5 Å². The number of halogens is 1. The maximum atomic E-state index is 13.0. The van der Waals surface area contributed by atoms with Gasteiger partial charge in [-0.1, -0.05) is 18.0 Å². The first-order valence-electron chi connectivity index (χ1n) is 13.6. The first kappa shape index (κ1) is 28.9. The standard InChI is InChI=1S/C27H41ClN4O6/c1-36-22-15-20(29)19(28)14-18(22)26(35)30-21-9-11-31(16-23(21)37-2)10-5-3-4-6-24(33)38-27-25(34)17-7-12-32(27)13-8-17/h14-15,17,21,23,25,27,34H,3-13,16,29H2,1-2H3,(H,30,35)/t21-,23+,25-,27-/m0/s1. The molecule has 11 heteroatoms. The minimum atomic E-state index is -0.561. The summed E-state index contributed by atoms with van der Waals surface area (Å²) in [6, 6.07) is 2.94. The third-order valence-corrected chi connectivity index (χ3v) is 8.47. The van der Waals surface area contributed by atoms with Crippen LogP contribution in [0.4, 0.5) is 5.69 Å². The van der Waals surface area contributed by atoms with Gasteiger partial charge in [0.05, 0.1) is 35.5 Å². The van der Waals surface area contributed by atoms with Crippen molar-refractivity contribution < 1.29 is 28.9 Å². The van der Waals surface area contributed by atoms with Crippen molar-refractivity contribution in [3.8, 4) is 5.75 Å². The largest absolute Gasteiger partial charge is 0.496 e. The molecule has 4 atom stereocenters. The van der Waals surface area contributed by atoms with Crippen molar-refractivity contribution >= 4 is 29.2 Å². The van der Waals surface area contributed by atoms with Gasteiger partial charge in [-0.15, -0.1) is 0 Å². The highest BCUT2D eigenvalue weighted by atomic mass is 35.5. The molecule has 0 radical (unpaired) electrons. The van der Waals surface area contributed by atoms with E-state index in [-0.39, 0.29) is 29.9 Å². The molecule has 1 aromatic carbocycles. The Balaban J connectivity index is 1.16. The maximum Gasteiger partial charge on any atom is 0.307 e. The summed E-state index contributed by atoms with van der Waals surface area (Å²) in [6.07, 6.45) is 4.54. The smallest absolute Gasteiger partial charge is 0.307 e. The molecule has 4 aliphatic heterocycles. The van der Waals surface area contributed by atoms with E-state index in [1.165, 1.54) is 13.2 Å². The predicted molar refractivity (Wildman–Crippen MR) is 144 cm³/mol. The van der Waals surface area contributed by atoms with Crippen molar-refractivity contribution in [3.63, 3.8) is 0 Å². The molecule has 0 saturated carbocycles. The quantitative estimate of drug-likeness (QED) is 0.215. The third-order valence-electron chi connectivity index (χ3n) is 8.14. The van der Waals surface area contributed by atoms with Gasteiger partial charge in [-0.2, -0.15) is 0 Å². The number of amides is 1. The Bertz CT molecular complexity index is 971. The first-order valence-corrected chi connectivity index (χ1v) is 14.0. The fourth-order valence-electron chi connectivity index (χ4n) is 5.83. The van der Waals surface area contributed by atoms with E-state index in [9.17, 15) is 14.7 Å². The van der Waals surface area contributed by atoms with Gasteiger partial charge >= 0.3 is 5.97 Å². The highest BCUT2D eigenvalue weighted by Gasteiger charge is 2.43. The molecule has 4 saturated heterocycles. The molecule has 4 N–H and O–H groups in total. The van der Waals surface area contributed by atoms with Gasteiger partial charge in [0.2, 0.25) is 0 Å². The lowest BCUT2D eigenvalue weighted by Gasteiger charge is -2.47. The van der Waals surface area contributed by atoms with E-state index in [4.69, 9.17) is 31.5 Å². The lowest BCUT2D eigenvalue weighted by Crippen LogP contribution is -2.59. The van der Waals surface area contributed by atoms with Gasteiger partial charge in [0, 0.05) is 45.8 Å². The summed E-state index contributed by atoms with van der Waals surface area (Å²) in [4.78, 5) is 29.7. The van der Waals surface area contributed by atoms with Crippen molar-refractivity contribution in [1.29, 1.82) is 0 Å². The third kappa shape index (κ3) is 6.90. The number of esters is 1. The van der Waals surface area contributed by atoms with Crippen LogP contribution in [0, 0.1) is 5.92 Å². The molecule has 4 aliphatic rings. The number of carbonyl (C=O) groups excluding carboxylic acids is 2. The van der Waals surface area contributed by atoms with Crippen LogP contribution in [0.25, 0.3) is 0 Å². The van der Waals surface area contributed by atoms with Crippen molar-refractivity contribution in [1.82, 2.24) is 15.1 Å². The van der Waals surface area contributed by atoms with Crippen LogP contribution in [0.2, 0.25) is 5.02 Å². The zero-order valence-corrected chi connectivity index (χ0v) is 23.1. The molecule has 5 rings (SSSR count). The number of rotatable bonds is 11. The number of piperidine rings is 4. The van der Waals surface area contributed by atoms with E-state index in [1.54, 1.807) is 13.2 Å². The number of fused-ring (bicyclic) bond motifs is 3. The number of nitrogens with two attached hydrogens (primary N) is 1. The van der Waals surface area contributed by atoms with E-state index >= 15 is 0 Å². The molecule has 2 bridgehead atoms. The number of methoxy groups -OCH3 is 2. The number of benzene rings is 1. The zero-order valence-electron chi connectivity index (χ0n) is 22.4. The van der Waals surface area contributed by atoms with Crippen LogP contribution >= 0.6 is 11.6 Å². The van der Waals surface area contributed by atoms with E-state index in [1.807, 2.05) is 0 Å². The van der Waals surface area contributed by atoms with Crippen LogP contribution in [-0.4, -0.2) is 98.2 Å². The summed E-state index contributed by atoms with van der Waals surface area (Å²) in [5.74, 6) is 0.128. The minimum absolute atomic E-state index is 0.138. The van der Waals surface area contributed by atoms with Gasteiger partial charge in [-0.05, 0) is 50.6 Å². The number of nitrogens with zero attached hydrogens (tertiary/aromatic N) is 2. The SMILES string of the molecule is COc1cc(N)c(Cl)cc1C(=O)N[C@H]1CCN(CCCCCC(=O)O[C@H]2[C@@H](O)C3CCN2CC3)C[C@H]1OC. The Labute approximate surface area is 229 Å².